The van der Waals surface area contributed by atoms with E-state index in [-0.39, 0.29) is 0 Å². The summed E-state index contributed by atoms with van der Waals surface area (Å²) in [6.07, 6.45) is 2.25. The minimum atomic E-state index is -0.995. The van der Waals surface area contributed by atoms with Gasteiger partial charge in [-0.1, -0.05) is 24.3 Å². The van der Waals surface area contributed by atoms with Crippen molar-refractivity contribution in [1.29, 1.82) is 0 Å². The van der Waals surface area contributed by atoms with Crippen LogP contribution in [-0.2, 0) is 16.0 Å². The van der Waals surface area contributed by atoms with E-state index in [2.05, 4.69) is 22.2 Å². The van der Waals surface area contributed by atoms with Crippen molar-refractivity contribution >= 4 is 25.3 Å². The van der Waals surface area contributed by atoms with Gasteiger partial charge in [0.1, 0.15) is 0 Å². The van der Waals surface area contributed by atoms with Gasteiger partial charge in [-0.3, -0.25) is 9.79 Å². The quantitative estimate of drug-likeness (QED) is 0.416. The molecule has 1 unspecified atom stereocenters. The van der Waals surface area contributed by atoms with Crippen molar-refractivity contribution in [2.45, 2.75) is 12.5 Å². The van der Waals surface area contributed by atoms with E-state index in [1.165, 1.54) is 6.21 Å². The predicted molar refractivity (Wildman–Crippen MR) is 67.9 cm³/mol. The van der Waals surface area contributed by atoms with E-state index >= 15 is 0 Å². The molecule has 18 heavy (non-hydrogen) atoms. The minimum absolute atomic E-state index is 0.294. The molecular formula is C12H13N3O3. The van der Waals surface area contributed by atoms with Gasteiger partial charge < -0.3 is 5.11 Å². The molecular weight excluding hydrogens is 234 g/mol. The molecule has 0 fully saturated rings. The van der Waals surface area contributed by atoms with Crippen LogP contribution >= 0.6 is 0 Å². The Balaban J connectivity index is 2.67. The van der Waals surface area contributed by atoms with Gasteiger partial charge in [-0.25, -0.2) is 10.2 Å². The number of carboxylic acids is 1. The van der Waals surface area contributed by atoms with E-state index in [1.807, 2.05) is 0 Å². The molecule has 0 aliphatic carbocycles. The summed E-state index contributed by atoms with van der Waals surface area (Å²) in [5.41, 5.74) is 3.80. The maximum absolute atomic E-state index is 10.8. The molecule has 94 valence electrons. The van der Waals surface area contributed by atoms with Gasteiger partial charge in [0.2, 0.25) is 6.41 Å². The normalized spacial score (nSPS) is 12.0. The van der Waals surface area contributed by atoms with E-state index in [0.717, 1.165) is 11.1 Å². The highest BCUT2D eigenvalue weighted by Gasteiger charge is 2.14. The first-order valence-corrected chi connectivity index (χ1v) is 5.17. The summed E-state index contributed by atoms with van der Waals surface area (Å²) in [4.78, 5) is 24.3. The van der Waals surface area contributed by atoms with Gasteiger partial charge in [0.05, 0.1) is 6.21 Å². The second kappa shape index (κ2) is 6.95. The molecule has 0 bridgehead atoms. The fraction of sp³-hybridized carbons (Fsp3) is 0.167. The Kier molecular flexibility index (Phi) is 5.24. The highest BCUT2D eigenvalue weighted by Crippen LogP contribution is 2.07. The van der Waals surface area contributed by atoms with Crippen LogP contribution in [-0.4, -0.2) is 36.5 Å². The van der Waals surface area contributed by atoms with Crippen LogP contribution < -0.4 is 5.43 Å². The number of hydrogen-bond acceptors (Lipinski definition) is 4. The molecule has 2 N–H and O–H groups in total. The van der Waals surface area contributed by atoms with Gasteiger partial charge in [-0.15, -0.1) is 0 Å². The van der Waals surface area contributed by atoms with E-state index < -0.39 is 12.0 Å². The van der Waals surface area contributed by atoms with E-state index in [4.69, 9.17) is 5.11 Å². The Hall–Kier alpha value is -2.50. The molecule has 0 aliphatic rings. The van der Waals surface area contributed by atoms with Crippen LogP contribution in [0.2, 0.25) is 0 Å². The van der Waals surface area contributed by atoms with E-state index in [1.54, 1.807) is 24.3 Å². The zero-order valence-electron chi connectivity index (χ0n) is 9.61. The third kappa shape index (κ3) is 4.17. The molecule has 1 amide bonds. The molecule has 6 nitrogen and oxygen atoms in total. The number of benzene rings is 1. The maximum Gasteiger partial charge on any atom is 0.328 e. The summed E-state index contributed by atoms with van der Waals surface area (Å²) in [5, 5.41) is 12.5. The number of carboxylic acid groups (broad SMARTS) is 1. The van der Waals surface area contributed by atoms with Gasteiger partial charge >= 0.3 is 5.97 Å². The van der Waals surface area contributed by atoms with Gasteiger partial charge in [0.25, 0.3) is 0 Å². The SMILES string of the molecule is C=NC(Cc1ccc(/C=N/NC=O)cc1)C(=O)O. The molecule has 6 heteroatoms. The summed E-state index contributed by atoms with van der Waals surface area (Å²) in [6, 6.07) is 6.27. The number of carbonyl (C=O) groups excluding carboxylic acids is 1. The summed E-state index contributed by atoms with van der Waals surface area (Å²) < 4.78 is 0. The molecule has 0 heterocycles. The highest BCUT2D eigenvalue weighted by atomic mass is 16.4. The van der Waals surface area contributed by atoms with Crippen LogP contribution in [0.5, 0.6) is 0 Å². The number of aliphatic imine (C=N–C) groups is 1. The monoisotopic (exact) mass is 247 g/mol. The van der Waals surface area contributed by atoms with Crippen molar-refractivity contribution in [3.8, 4) is 0 Å². The summed E-state index contributed by atoms with van der Waals surface area (Å²) >= 11 is 0. The number of nitrogens with one attached hydrogen (secondary N) is 1. The highest BCUT2D eigenvalue weighted by molar-refractivity contribution is 5.80. The molecule has 0 saturated heterocycles. The minimum Gasteiger partial charge on any atom is -0.480 e. The number of carbonyl (C=O) groups is 2. The number of hydrogen-bond donors (Lipinski definition) is 2. The fourth-order valence-electron chi connectivity index (χ4n) is 1.34. The number of hydrazone groups is 1. The number of nitrogens with zero attached hydrogens (tertiary/aromatic N) is 2. The standard InChI is InChI=1S/C12H13N3O3/c1-13-11(12(17)18)6-9-2-4-10(5-3-9)7-14-15-8-16/h2-5,7-8,11H,1,6H2,(H,15,16)(H,17,18)/b14-7+. The molecule has 0 saturated carbocycles. The second-order valence-electron chi connectivity index (χ2n) is 3.49. The fourth-order valence-corrected chi connectivity index (χ4v) is 1.34. The summed E-state index contributed by atoms with van der Waals surface area (Å²) in [7, 11) is 0. The van der Waals surface area contributed by atoms with Crippen molar-refractivity contribution in [2.75, 3.05) is 0 Å². The summed E-state index contributed by atoms with van der Waals surface area (Å²) in [6.45, 7) is 3.25. The molecule has 1 aromatic carbocycles. The maximum atomic E-state index is 10.8. The van der Waals surface area contributed by atoms with Crippen molar-refractivity contribution in [1.82, 2.24) is 5.43 Å². The van der Waals surface area contributed by atoms with E-state index in [9.17, 15) is 9.59 Å². The third-order valence-corrected chi connectivity index (χ3v) is 2.26. The third-order valence-electron chi connectivity index (χ3n) is 2.26. The van der Waals surface area contributed by atoms with E-state index in [0.29, 0.717) is 12.8 Å². The number of aliphatic carboxylic acids is 1. The predicted octanol–water partition coefficient (Wildman–Crippen LogP) is 0.463. The van der Waals surface area contributed by atoms with Crippen molar-refractivity contribution in [2.24, 2.45) is 10.1 Å². The van der Waals surface area contributed by atoms with Crippen molar-refractivity contribution in [3.63, 3.8) is 0 Å². The average molecular weight is 247 g/mol. The van der Waals surface area contributed by atoms with Crippen LogP contribution in [0.4, 0.5) is 0 Å². The van der Waals surface area contributed by atoms with Crippen LogP contribution in [0.3, 0.4) is 0 Å². The van der Waals surface area contributed by atoms with Crippen molar-refractivity contribution < 1.29 is 14.7 Å². The first-order valence-electron chi connectivity index (χ1n) is 5.17. The second-order valence-corrected chi connectivity index (χ2v) is 3.49. The zero-order chi connectivity index (χ0) is 13.4. The topological polar surface area (TPSA) is 91.1 Å². The van der Waals surface area contributed by atoms with Gasteiger partial charge in [0.15, 0.2) is 6.04 Å². The molecule has 1 atom stereocenters. The first-order chi connectivity index (χ1) is 8.67. The molecule has 1 aromatic rings. The molecule has 0 spiro atoms. The van der Waals surface area contributed by atoms with Gasteiger partial charge in [0, 0.05) is 6.42 Å². The Morgan fingerprint density at radius 3 is 2.61 bits per heavy atom. The Morgan fingerprint density at radius 1 is 1.44 bits per heavy atom. The number of rotatable bonds is 7. The van der Waals surface area contributed by atoms with Crippen LogP contribution in [0, 0.1) is 0 Å². The lowest BCUT2D eigenvalue weighted by Crippen LogP contribution is -2.20. The van der Waals surface area contributed by atoms with Gasteiger partial charge in [-0.05, 0) is 17.8 Å². The van der Waals surface area contributed by atoms with Crippen LogP contribution in [0.15, 0.2) is 34.4 Å². The molecule has 1 rings (SSSR count). The smallest absolute Gasteiger partial charge is 0.328 e. The lowest BCUT2D eigenvalue weighted by molar-refractivity contribution is -0.138. The molecule has 0 radical (unpaired) electrons. The summed E-state index contributed by atoms with van der Waals surface area (Å²) in [5.74, 6) is -0.995. The van der Waals surface area contributed by atoms with Crippen LogP contribution in [0.25, 0.3) is 0 Å². The first kappa shape index (κ1) is 13.6. The average Bonchev–Trinajstić information content (AvgIpc) is 2.37. The zero-order valence-corrected chi connectivity index (χ0v) is 9.61. The molecule has 0 aromatic heterocycles. The van der Waals surface area contributed by atoms with Crippen molar-refractivity contribution in [3.05, 3.63) is 35.4 Å². The molecule has 0 aliphatic heterocycles. The lowest BCUT2D eigenvalue weighted by atomic mass is 10.0. The Bertz CT molecular complexity index is 454. The van der Waals surface area contributed by atoms with Crippen LogP contribution in [0.1, 0.15) is 11.1 Å². The lowest BCUT2D eigenvalue weighted by Gasteiger charge is -2.06. The Morgan fingerprint density at radius 2 is 2.11 bits per heavy atom. The Labute approximate surface area is 104 Å². The largest absolute Gasteiger partial charge is 0.480 e. The van der Waals surface area contributed by atoms with Gasteiger partial charge in [-0.2, -0.15) is 5.10 Å². The number of amides is 1.